The zero-order valence-corrected chi connectivity index (χ0v) is 16.8. The average molecular weight is 415 g/mol. The first-order valence-electron chi connectivity index (χ1n) is 9.15. The Hall–Kier alpha value is -3.62. The van der Waals surface area contributed by atoms with Crippen LogP contribution in [0.5, 0.6) is 17.2 Å². The van der Waals surface area contributed by atoms with Gasteiger partial charge in [0, 0.05) is 24.2 Å². The summed E-state index contributed by atoms with van der Waals surface area (Å²) in [7, 11) is 4.51. The highest BCUT2D eigenvalue weighted by Gasteiger charge is 2.35. The first kappa shape index (κ1) is 21.1. The van der Waals surface area contributed by atoms with Crippen molar-refractivity contribution in [2.75, 3.05) is 32.8 Å². The van der Waals surface area contributed by atoms with Crippen LogP contribution in [0.2, 0.25) is 0 Å². The van der Waals surface area contributed by atoms with E-state index in [1.807, 2.05) is 0 Å². The number of hydrogen-bond acceptors (Lipinski definition) is 6. The van der Waals surface area contributed by atoms with Crippen molar-refractivity contribution in [1.82, 2.24) is 5.43 Å². The molecule has 30 heavy (non-hydrogen) atoms. The normalized spacial score (nSPS) is 16.1. The third kappa shape index (κ3) is 4.51. The zero-order chi connectivity index (χ0) is 21.7. The van der Waals surface area contributed by atoms with Crippen molar-refractivity contribution in [3.63, 3.8) is 0 Å². The molecule has 8 nitrogen and oxygen atoms in total. The van der Waals surface area contributed by atoms with Gasteiger partial charge in [-0.05, 0) is 36.4 Å². The standard InChI is InChI=1S/C21H22FN3O5/c1-28-17-8-13(9-18(29-2)20(17)30-3)11-23-24-21(27)14-10-19(26)25(12-14)16-6-4-15(22)5-7-16/h4-9,11,14H,10,12H2,1-3H3,(H,24,27)/b23-11-/t14-/m0/s1. The highest BCUT2D eigenvalue weighted by molar-refractivity contribution is 6.00. The van der Waals surface area contributed by atoms with Crippen molar-refractivity contribution < 1.29 is 28.2 Å². The third-order valence-electron chi connectivity index (χ3n) is 4.71. The molecule has 0 bridgehead atoms. The number of hydrogen-bond donors (Lipinski definition) is 1. The lowest BCUT2D eigenvalue weighted by Gasteiger charge is -2.16. The van der Waals surface area contributed by atoms with Crippen LogP contribution in [0.4, 0.5) is 10.1 Å². The van der Waals surface area contributed by atoms with E-state index in [1.54, 1.807) is 12.1 Å². The summed E-state index contributed by atoms with van der Waals surface area (Å²) < 4.78 is 28.9. The molecule has 0 aromatic heterocycles. The number of carbonyl (C=O) groups is 2. The Kier molecular flexibility index (Phi) is 6.51. The zero-order valence-electron chi connectivity index (χ0n) is 16.8. The quantitative estimate of drug-likeness (QED) is 0.554. The second-order valence-corrected chi connectivity index (χ2v) is 6.57. The van der Waals surface area contributed by atoms with Gasteiger partial charge in [0.2, 0.25) is 17.6 Å². The number of nitrogens with zero attached hydrogens (tertiary/aromatic N) is 2. The van der Waals surface area contributed by atoms with Crippen LogP contribution < -0.4 is 24.5 Å². The van der Waals surface area contributed by atoms with Crippen molar-refractivity contribution in [3.05, 3.63) is 47.8 Å². The number of hydrazone groups is 1. The summed E-state index contributed by atoms with van der Waals surface area (Å²) in [6, 6.07) is 8.94. The Morgan fingerprint density at radius 2 is 1.77 bits per heavy atom. The van der Waals surface area contributed by atoms with Crippen LogP contribution in [0.25, 0.3) is 0 Å². The number of halogens is 1. The molecule has 158 valence electrons. The summed E-state index contributed by atoms with van der Waals surface area (Å²) in [5, 5.41) is 3.97. The number of amides is 2. The van der Waals surface area contributed by atoms with Gasteiger partial charge in [-0.2, -0.15) is 5.10 Å². The molecule has 2 aromatic rings. The average Bonchev–Trinajstić information content (AvgIpc) is 3.15. The maximum absolute atomic E-state index is 13.1. The van der Waals surface area contributed by atoms with Gasteiger partial charge in [0.25, 0.3) is 0 Å². The van der Waals surface area contributed by atoms with Crippen LogP contribution in [-0.2, 0) is 9.59 Å². The second kappa shape index (κ2) is 9.25. The maximum Gasteiger partial charge on any atom is 0.245 e. The van der Waals surface area contributed by atoms with Crippen LogP contribution in [0.1, 0.15) is 12.0 Å². The van der Waals surface area contributed by atoms with Gasteiger partial charge in [0.05, 0.1) is 33.5 Å². The van der Waals surface area contributed by atoms with Gasteiger partial charge in [-0.3, -0.25) is 9.59 Å². The number of anilines is 1. The maximum atomic E-state index is 13.1. The Bertz CT molecular complexity index is 937. The topological polar surface area (TPSA) is 89.5 Å². The fraction of sp³-hybridized carbons (Fsp3) is 0.286. The van der Waals surface area contributed by atoms with Crippen molar-refractivity contribution in [2.24, 2.45) is 11.0 Å². The van der Waals surface area contributed by atoms with Gasteiger partial charge in [-0.15, -0.1) is 0 Å². The molecular weight excluding hydrogens is 393 g/mol. The van der Waals surface area contributed by atoms with Crippen LogP contribution in [0.15, 0.2) is 41.5 Å². The molecule has 2 amide bonds. The summed E-state index contributed by atoms with van der Waals surface area (Å²) in [5.74, 6) is -0.152. The van der Waals surface area contributed by atoms with E-state index >= 15 is 0 Å². The largest absolute Gasteiger partial charge is 0.493 e. The minimum absolute atomic E-state index is 0.0584. The van der Waals surface area contributed by atoms with Gasteiger partial charge in [0.1, 0.15) is 5.82 Å². The lowest BCUT2D eigenvalue weighted by atomic mass is 10.1. The van der Waals surface area contributed by atoms with Crippen LogP contribution in [-0.4, -0.2) is 45.9 Å². The number of ether oxygens (including phenoxy) is 3. The van der Waals surface area contributed by atoms with E-state index in [1.165, 1.54) is 56.7 Å². The van der Waals surface area contributed by atoms with E-state index in [9.17, 15) is 14.0 Å². The Labute approximate surface area is 173 Å². The molecule has 1 heterocycles. The molecule has 1 fully saturated rings. The molecule has 2 aromatic carbocycles. The minimum Gasteiger partial charge on any atom is -0.493 e. The molecule has 0 radical (unpaired) electrons. The van der Waals surface area contributed by atoms with Crippen molar-refractivity contribution >= 4 is 23.7 Å². The monoisotopic (exact) mass is 415 g/mol. The summed E-state index contributed by atoms with van der Waals surface area (Å²) in [5.41, 5.74) is 3.64. The lowest BCUT2D eigenvalue weighted by molar-refractivity contribution is -0.126. The van der Waals surface area contributed by atoms with Crippen molar-refractivity contribution in [1.29, 1.82) is 0 Å². The number of rotatable bonds is 7. The summed E-state index contributed by atoms with van der Waals surface area (Å²) in [4.78, 5) is 26.1. The first-order chi connectivity index (χ1) is 14.5. The minimum atomic E-state index is -0.556. The van der Waals surface area contributed by atoms with E-state index < -0.39 is 5.92 Å². The molecule has 0 aliphatic carbocycles. The van der Waals surface area contributed by atoms with E-state index in [0.29, 0.717) is 28.5 Å². The van der Waals surface area contributed by atoms with E-state index in [2.05, 4.69) is 10.5 Å². The Balaban J connectivity index is 1.65. The fourth-order valence-electron chi connectivity index (χ4n) is 3.19. The number of benzene rings is 2. The third-order valence-corrected chi connectivity index (χ3v) is 4.71. The highest BCUT2D eigenvalue weighted by atomic mass is 19.1. The van der Waals surface area contributed by atoms with Crippen LogP contribution in [0.3, 0.4) is 0 Å². The van der Waals surface area contributed by atoms with Gasteiger partial charge >= 0.3 is 0 Å². The van der Waals surface area contributed by atoms with Crippen molar-refractivity contribution in [3.8, 4) is 17.2 Å². The van der Waals surface area contributed by atoms with Crippen LogP contribution >= 0.6 is 0 Å². The number of methoxy groups -OCH3 is 3. The predicted molar refractivity (Wildman–Crippen MR) is 109 cm³/mol. The summed E-state index contributed by atoms with van der Waals surface area (Å²) in [6.07, 6.45) is 1.50. The van der Waals surface area contributed by atoms with Gasteiger partial charge in [-0.25, -0.2) is 9.82 Å². The SMILES string of the molecule is COc1cc(/C=N\NC(=O)[C@H]2CC(=O)N(c3ccc(F)cc3)C2)cc(OC)c1OC. The first-order valence-corrected chi connectivity index (χ1v) is 9.15. The molecule has 1 aliphatic heterocycles. The molecule has 0 saturated carbocycles. The summed E-state index contributed by atoms with van der Waals surface area (Å²) in [6.45, 7) is 0.204. The molecule has 1 N–H and O–H groups in total. The molecule has 3 rings (SSSR count). The molecular formula is C21H22FN3O5. The molecule has 1 aliphatic rings. The van der Waals surface area contributed by atoms with Crippen LogP contribution in [0, 0.1) is 11.7 Å². The van der Waals surface area contributed by atoms with E-state index in [0.717, 1.165) is 0 Å². The molecule has 0 spiro atoms. The van der Waals surface area contributed by atoms with Crippen molar-refractivity contribution in [2.45, 2.75) is 6.42 Å². The predicted octanol–water partition coefficient (Wildman–Crippen LogP) is 2.35. The van der Waals surface area contributed by atoms with E-state index in [-0.39, 0.29) is 30.6 Å². The Morgan fingerprint density at radius 3 is 2.33 bits per heavy atom. The molecule has 1 atom stereocenters. The van der Waals surface area contributed by atoms with Gasteiger partial charge in [0.15, 0.2) is 11.5 Å². The molecule has 9 heteroatoms. The fourth-order valence-corrected chi connectivity index (χ4v) is 3.19. The molecule has 0 unspecified atom stereocenters. The van der Waals surface area contributed by atoms with E-state index in [4.69, 9.17) is 14.2 Å². The highest BCUT2D eigenvalue weighted by Crippen LogP contribution is 2.37. The van der Waals surface area contributed by atoms with Gasteiger partial charge < -0.3 is 19.1 Å². The second-order valence-electron chi connectivity index (χ2n) is 6.57. The molecule has 1 saturated heterocycles. The number of nitrogens with one attached hydrogen (secondary N) is 1. The van der Waals surface area contributed by atoms with Gasteiger partial charge in [-0.1, -0.05) is 0 Å². The Morgan fingerprint density at radius 1 is 1.13 bits per heavy atom. The summed E-state index contributed by atoms with van der Waals surface area (Å²) >= 11 is 0. The smallest absolute Gasteiger partial charge is 0.245 e. The number of carbonyl (C=O) groups excluding carboxylic acids is 2. The lowest BCUT2D eigenvalue weighted by Crippen LogP contribution is -2.30.